The van der Waals surface area contributed by atoms with Crippen LogP contribution in [0.15, 0.2) is 34.8 Å². The van der Waals surface area contributed by atoms with Crippen LogP contribution in [0.5, 0.6) is 11.5 Å². The highest BCUT2D eigenvalue weighted by Crippen LogP contribution is 2.35. The van der Waals surface area contributed by atoms with Crippen molar-refractivity contribution < 1.29 is 17.9 Å². The van der Waals surface area contributed by atoms with Gasteiger partial charge in [0.15, 0.2) is 11.6 Å². The van der Waals surface area contributed by atoms with E-state index in [0.717, 1.165) is 18.2 Å². The van der Waals surface area contributed by atoms with Crippen LogP contribution in [0.1, 0.15) is 0 Å². The molecule has 2 aromatic carbocycles. The van der Waals surface area contributed by atoms with Gasteiger partial charge >= 0.3 is 0 Å². The maximum Gasteiger partial charge on any atom is 0.203 e. The molecule has 2 aromatic rings. The number of anilines is 1. The van der Waals surface area contributed by atoms with E-state index in [9.17, 15) is 13.2 Å². The summed E-state index contributed by atoms with van der Waals surface area (Å²) in [6, 6.07) is 5.64. The van der Waals surface area contributed by atoms with E-state index >= 15 is 0 Å². The minimum absolute atomic E-state index is 0.0508. The Bertz CT molecular complexity index is 604. The summed E-state index contributed by atoms with van der Waals surface area (Å²) < 4.78 is 44.8. The van der Waals surface area contributed by atoms with Gasteiger partial charge in [-0.1, -0.05) is 0 Å². The van der Waals surface area contributed by atoms with Crippen LogP contribution in [0.3, 0.4) is 0 Å². The van der Waals surface area contributed by atoms with Crippen LogP contribution in [0.25, 0.3) is 0 Å². The molecule has 0 radical (unpaired) electrons. The summed E-state index contributed by atoms with van der Waals surface area (Å²) in [5.74, 6) is -3.04. The van der Waals surface area contributed by atoms with Gasteiger partial charge in [-0.15, -0.1) is 0 Å². The smallest absolute Gasteiger partial charge is 0.203 e. The van der Waals surface area contributed by atoms with Crippen LogP contribution in [0.2, 0.25) is 0 Å². The maximum absolute atomic E-state index is 13.5. The first-order valence-electron chi connectivity index (χ1n) is 4.85. The number of halogens is 4. The Morgan fingerprint density at radius 1 is 1.06 bits per heavy atom. The van der Waals surface area contributed by atoms with Crippen molar-refractivity contribution >= 4 is 21.6 Å². The van der Waals surface area contributed by atoms with Crippen LogP contribution in [0.4, 0.5) is 18.9 Å². The highest BCUT2D eigenvalue weighted by Gasteiger charge is 2.15. The zero-order valence-electron chi connectivity index (χ0n) is 8.88. The largest absolute Gasteiger partial charge is 0.451 e. The fourth-order valence-corrected chi connectivity index (χ4v) is 1.75. The summed E-state index contributed by atoms with van der Waals surface area (Å²) in [6.07, 6.45) is 0. The molecule has 0 atom stereocenters. The van der Waals surface area contributed by atoms with E-state index in [1.807, 2.05) is 0 Å². The van der Waals surface area contributed by atoms with Gasteiger partial charge in [0.05, 0.1) is 10.2 Å². The van der Waals surface area contributed by atoms with Gasteiger partial charge in [-0.25, -0.2) is 8.78 Å². The molecule has 0 fully saturated rings. The number of ether oxygens (including phenoxy) is 1. The van der Waals surface area contributed by atoms with E-state index in [1.54, 1.807) is 0 Å². The summed E-state index contributed by atoms with van der Waals surface area (Å²) in [6.45, 7) is 0. The van der Waals surface area contributed by atoms with E-state index in [-0.39, 0.29) is 15.9 Å². The number of benzene rings is 2. The second kappa shape index (κ2) is 4.89. The highest BCUT2D eigenvalue weighted by atomic mass is 79.9. The number of rotatable bonds is 2. The lowest BCUT2D eigenvalue weighted by atomic mass is 10.2. The van der Waals surface area contributed by atoms with E-state index in [0.29, 0.717) is 0 Å². The minimum atomic E-state index is -1.19. The number of nitrogen functional groups attached to an aromatic ring is 1. The summed E-state index contributed by atoms with van der Waals surface area (Å²) in [5, 5.41) is 0. The van der Waals surface area contributed by atoms with Gasteiger partial charge in [0.1, 0.15) is 11.6 Å². The lowest BCUT2D eigenvalue weighted by Gasteiger charge is -2.11. The fraction of sp³-hybridized carbons (Fsp3) is 0. The van der Waals surface area contributed by atoms with E-state index < -0.39 is 23.2 Å². The predicted molar refractivity (Wildman–Crippen MR) is 64.9 cm³/mol. The van der Waals surface area contributed by atoms with E-state index in [1.165, 1.54) is 12.1 Å². The first-order chi connectivity index (χ1) is 8.49. The standard InChI is InChI=1S/C12H7BrF3NO/c13-7-5-6(14)1-4-10(7)18-12-9(17)3-2-8(15)11(12)16/h1-5H,17H2. The zero-order valence-corrected chi connectivity index (χ0v) is 10.5. The molecule has 6 heteroatoms. The molecule has 2 N–H and O–H groups in total. The van der Waals surface area contributed by atoms with Gasteiger partial charge in [-0.3, -0.25) is 0 Å². The molecule has 0 saturated heterocycles. The van der Waals surface area contributed by atoms with Gasteiger partial charge in [0.2, 0.25) is 5.82 Å². The van der Waals surface area contributed by atoms with Crippen molar-refractivity contribution in [3.63, 3.8) is 0 Å². The van der Waals surface area contributed by atoms with Crippen LogP contribution in [0, 0.1) is 17.5 Å². The molecule has 0 unspecified atom stereocenters. The molecule has 0 heterocycles. The van der Waals surface area contributed by atoms with Crippen LogP contribution in [-0.2, 0) is 0 Å². The molecule has 0 aromatic heterocycles. The quantitative estimate of drug-likeness (QED) is 0.841. The highest BCUT2D eigenvalue weighted by molar-refractivity contribution is 9.10. The molecule has 0 spiro atoms. The number of hydrogen-bond donors (Lipinski definition) is 1. The van der Waals surface area contributed by atoms with Gasteiger partial charge in [-0.2, -0.15) is 4.39 Å². The molecule has 0 aliphatic carbocycles. The van der Waals surface area contributed by atoms with Crippen molar-refractivity contribution in [3.8, 4) is 11.5 Å². The SMILES string of the molecule is Nc1ccc(F)c(F)c1Oc1ccc(F)cc1Br. The van der Waals surface area contributed by atoms with Crippen molar-refractivity contribution in [2.75, 3.05) is 5.73 Å². The Labute approximate surface area is 109 Å². The Kier molecular flexibility index (Phi) is 3.47. The number of hydrogen-bond acceptors (Lipinski definition) is 2. The van der Waals surface area contributed by atoms with Crippen molar-refractivity contribution in [1.82, 2.24) is 0 Å². The van der Waals surface area contributed by atoms with Crippen molar-refractivity contribution in [2.24, 2.45) is 0 Å². The molecule has 2 rings (SSSR count). The van der Waals surface area contributed by atoms with Gasteiger partial charge in [0, 0.05) is 0 Å². The normalized spacial score (nSPS) is 10.4. The molecule has 0 amide bonds. The summed E-state index contributed by atoms with van der Waals surface area (Å²) in [4.78, 5) is 0. The Morgan fingerprint density at radius 2 is 1.78 bits per heavy atom. The molecule has 0 aliphatic heterocycles. The van der Waals surface area contributed by atoms with Crippen molar-refractivity contribution in [1.29, 1.82) is 0 Å². The molecule has 2 nitrogen and oxygen atoms in total. The zero-order chi connectivity index (χ0) is 13.3. The molecular formula is C12H7BrF3NO. The first-order valence-corrected chi connectivity index (χ1v) is 5.64. The predicted octanol–water partition coefficient (Wildman–Crippen LogP) is 4.24. The molecule has 94 valence electrons. The average Bonchev–Trinajstić information content (AvgIpc) is 2.32. The number of nitrogens with two attached hydrogens (primary N) is 1. The van der Waals surface area contributed by atoms with Crippen molar-refractivity contribution in [3.05, 3.63) is 52.3 Å². The molecular weight excluding hydrogens is 311 g/mol. The van der Waals surface area contributed by atoms with E-state index in [4.69, 9.17) is 10.5 Å². The van der Waals surface area contributed by atoms with Gasteiger partial charge in [-0.05, 0) is 46.3 Å². The van der Waals surface area contributed by atoms with E-state index in [2.05, 4.69) is 15.9 Å². The Balaban J connectivity index is 2.43. The Hall–Kier alpha value is -1.69. The molecule has 18 heavy (non-hydrogen) atoms. The minimum Gasteiger partial charge on any atom is -0.451 e. The third kappa shape index (κ3) is 2.43. The third-order valence-electron chi connectivity index (χ3n) is 2.19. The van der Waals surface area contributed by atoms with Gasteiger partial charge < -0.3 is 10.5 Å². The summed E-state index contributed by atoms with van der Waals surface area (Å²) >= 11 is 3.05. The monoisotopic (exact) mass is 317 g/mol. The van der Waals surface area contributed by atoms with Crippen LogP contribution >= 0.6 is 15.9 Å². The molecule has 0 aliphatic rings. The second-order valence-electron chi connectivity index (χ2n) is 3.46. The second-order valence-corrected chi connectivity index (χ2v) is 4.31. The third-order valence-corrected chi connectivity index (χ3v) is 2.81. The summed E-state index contributed by atoms with van der Waals surface area (Å²) in [7, 11) is 0. The topological polar surface area (TPSA) is 35.2 Å². The lowest BCUT2D eigenvalue weighted by molar-refractivity contribution is 0.416. The van der Waals surface area contributed by atoms with Crippen molar-refractivity contribution in [2.45, 2.75) is 0 Å². The fourth-order valence-electron chi connectivity index (χ4n) is 1.32. The molecule has 0 bridgehead atoms. The maximum atomic E-state index is 13.5. The molecule has 0 saturated carbocycles. The Morgan fingerprint density at radius 3 is 2.44 bits per heavy atom. The van der Waals surface area contributed by atoms with Crippen LogP contribution < -0.4 is 10.5 Å². The summed E-state index contributed by atoms with van der Waals surface area (Å²) in [5.41, 5.74) is 5.45. The first kappa shape index (κ1) is 12.8. The lowest BCUT2D eigenvalue weighted by Crippen LogP contribution is -1.98. The van der Waals surface area contributed by atoms with Crippen LogP contribution in [-0.4, -0.2) is 0 Å². The average molecular weight is 318 g/mol. The van der Waals surface area contributed by atoms with Gasteiger partial charge in [0.25, 0.3) is 0 Å².